The van der Waals surface area contributed by atoms with E-state index in [1.165, 1.54) is 12.1 Å². The highest BCUT2D eigenvalue weighted by molar-refractivity contribution is 6.06. The van der Waals surface area contributed by atoms with Crippen molar-refractivity contribution >= 4 is 29.5 Å². The predicted molar refractivity (Wildman–Crippen MR) is 141 cm³/mol. The molecule has 5 aliphatic rings. The van der Waals surface area contributed by atoms with Crippen LogP contribution < -0.4 is 11.1 Å². The number of carbonyl (C=O) groups excluding carboxylic acids is 4. The minimum atomic E-state index is -1.47. The highest BCUT2D eigenvalue weighted by atomic mass is 19.1. The molecule has 1 unspecified atom stereocenters. The lowest BCUT2D eigenvalue weighted by Gasteiger charge is -2.31. The fraction of sp³-hybridized carbons (Fsp3) is 0.467. The summed E-state index contributed by atoms with van der Waals surface area (Å²) < 4.78 is 19.6. The molecule has 0 radical (unpaired) electrons. The van der Waals surface area contributed by atoms with Crippen molar-refractivity contribution in [1.29, 1.82) is 0 Å². The molecule has 2 aliphatic heterocycles. The van der Waals surface area contributed by atoms with Gasteiger partial charge in [0.1, 0.15) is 12.4 Å². The number of rotatable bonds is 5. The second-order valence-electron chi connectivity index (χ2n) is 11.9. The first-order valence-electron chi connectivity index (χ1n) is 14.0. The van der Waals surface area contributed by atoms with Crippen molar-refractivity contribution in [2.45, 2.75) is 75.1 Å². The Morgan fingerprint density at radius 3 is 2.55 bits per heavy atom. The normalized spacial score (nSPS) is 26.3. The van der Waals surface area contributed by atoms with Crippen molar-refractivity contribution in [3.63, 3.8) is 0 Å². The zero-order chi connectivity index (χ0) is 27.8. The van der Waals surface area contributed by atoms with Crippen LogP contribution in [0, 0.1) is 11.7 Å². The van der Waals surface area contributed by atoms with Gasteiger partial charge in [-0.15, -0.1) is 0 Å². The van der Waals surface area contributed by atoms with Crippen LogP contribution in [0.15, 0.2) is 36.4 Å². The molecule has 10 heteroatoms. The van der Waals surface area contributed by atoms with Gasteiger partial charge in [-0.25, -0.2) is 14.1 Å². The zero-order valence-corrected chi connectivity index (χ0v) is 22.1. The van der Waals surface area contributed by atoms with Crippen molar-refractivity contribution in [2.75, 3.05) is 11.9 Å². The molecule has 3 fully saturated rings. The van der Waals surface area contributed by atoms with Crippen LogP contribution in [0.1, 0.15) is 60.8 Å². The van der Waals surface area contributed by atoms with Crippen LogP contribution in [0.2, 0.25) is 0 Å². The standard InChI is InChI=1S/C30H31FN4O5/c31-21-5-3-20-15-34(24(17-1-2-17)8-4-18(20)13-21)25(36)16-35-27(38)30(40-28(35)39)10-9-19-14-22(6-7-23(19)30)33-26(37)29(32)11-12-29/h3,5-7,13-14,17,24H,1-2,4,8-12,15-16,32H2,(H,33,37)/t24?,30-/m0/s1. The van der Waals surface area contributed by atoms with E-state index in [2.05, 4.69) is 5.32 Å². The van der Waals surface area contributed by atoms with E-state index in [4.69, 9.17) is 10.5 Å². The first kappa shape index (κ1) is 25.2. The first-order valence-corrected chi connectivity index (χ1v) is 14.0. The second kappa shape index (κ2) is 8.86. The molecule has 208 valence electrons. The Morgan fingerprint density at radius 1 is 1.00 bits per heavy atom. The van der Waals surface area contributed by atoms with Crippen molar-refractivity contribution in [2.24, 2.45) is 11.7 Å². The van der Waals surface area contributed by atoms with Crippen LogP contribution in [-0.2, 0) is 44.1 Å². The molecule has 0 bridgehead atoms. The fourth-order valence-corrected chi connectivity index (χ4v) is 6.56. The molecule has 1 saturated heterocycles. The Balaban J connectivity index is 1.10. The second-order valence-corrected chi connectivity index (χ2v) is 11.9. The Hall–Kier alpha value is -3.79. The highest BCUT2D eigenvalue weighted by Crippen LogP contribution is 2.46. The number of nitrogens with zero attached hydrogens (tertiary/aromatic N) is 2. The number of benzene rings is 2. The first-order chi connectivity index (χ1) is 19.2. The average molecular weight is 547 g/mol. The number of nitrogens with one attached hydrogen (secondary N) is 1. The third kappa shape index (κ3) is 4.08. The summed E-state index contributed by atoms with van der Waals surface area (Å²) in [5.74, 6) is -1.01. The van der Waals surface area contributed by atoms with Gasteiger partial charge in [-0.1, -0.05) is 12.1 Å². The van der Waals surface area contributed by atoms with Gasteiger partial charge in [0.15, 0.2) is 0 Å². The fourth-order valence-electron chi connectivity index (χ4n) is 6.56. The van der Waals surface area contributed by atoms with Gasteiger partial charge in [-0.2, -0.15) is 0 Å². The molecule has 4 amide bonds. The van der Waals surface area contributed by atoms with E-state index in [0.29, 0.717) is 55.8 Å². The number of hydrogen-bond acceptors (Lipinski definition) is 6. The summed E-state index contributed by atoms with van der Waals surface area (Å²) >= 11 is 0. The summed E-state index contributed by atoms with van der Waals surface area (Å²) in [6.07, 6.45) is 4.66. The van der Waals surface area contributed by atoms with E-state index >= 15 is 0 Å². The summed E-state index contributed by atoms with van der Waals surface area (Å²) in [4.78, 5) is 55.5. The molecule has 0 aromatic heterocycles. The van der Waals surface area contributed by atoms with Gasteiger partial charge in [0.05, 0.1) is 5.54 Å². The molecule has 3 N–H and O–H groups in total. The Kier molecular flexibility index (Phi) is 5.58. The third-order valence-electron chi connectivity index (χ3n) is 9.26. The molecule has 9 nitrogen and oxygen atoms in total. The van der Waals surface area contributed by atoms with Gasteiger partial charge in [0, 0.05) is 30.3 Å². The minimum Gasteiger partial charge on any atom is -0.427 e. The maximum Gasteiger partial charge on any atom is 0.418 e. The van der Waals surface area contributed by atoms with E-state index in [-0.39, 0.29) is 30.1 Å². The van der Waals surface area contributed by atoms with Crippen molar-refractivity contribution < 1.29 is 28.3 Å². The number of nitrogens with two attached hydrogens (primary N) is 1. The largest absolute Gasteiger partial charge is 0.427 e. The smallest absolute Gasteiger partial charge is 0.418 e. The summed E-state index contributed by atoms with van der Waals surface area (Å²) in [6.45, 7) is -0.0829. The lowest BCUT2D eigenvalue weighted by Crippen LogP contribution is -2.48. The molecule has 7 rings (SSSR count). The number of amides is 4. The maximum atomic E-state index is 13.9. The summed E-state index contributed by atoms with van der Waals surface area (Å²) in [6, 6.07) is 9.82. The van der Waals surface area contributed by atoms with Crippen molar-refractivity contribution in [3.05, 3.63) is 64.5 Å². The third-order valence-corrected chi connectivity index (χ3v) is 9.26. The van der Waals surface area contributed by atoms with Gasteiger partial charge < -0.3 is 20.7 Å². The summed E-state index contributed by atoms with van der Waals surface area (Å²) in [5.41, 5.74) is 7.45. The van der Waals surface area contributed by atoms with E-state index in [1.54, 1.807) is 29.2 Å². The maximum absolute atomic E-state index is 13.9. The quantitative estimate of drug-likeness (QED) is 0.594. The van der Waals surface area contributed by atoms with Crippen LogP contribution >= 0.6 is 0 Å². The highest BCUT2D eigenvalue weighted by Gasteiger charge is 2.58. The van der Waals surface area contributed by atoms with Gasteiger partial charge in [0.2, 0.25) is 17.4 Å². The van der Waals surface area contributed by atoms with E-state index < -0.39 is 29.7 Å². The van der Waals surface area contributed by atoms with Gasteiger partial charge in [-0.3, -0.25) is 14.4 Å². The molecule has 2 saturated carbocycles. The molecule has 3 aliphatic carbocycles. The number of aryl methyl sites for hydroxylation is 2. The SMILES string of the molecule is NC1(C(=O)Nc2ccc3c(c2)CC[C@]32OC(=O)N(CC(=O)N3Cc4ccc(F)cc4CCC3C3CC3)C2=O)CC1. The number of hydrogen-bond donors (Lipinski definition) is 2. The lowest BCUT2D eigenvalue weighted by molar-refractivity contribution is -0.143. The summed E-state index contributed by atoms with van der Waals surface area (Å²) in [5, 5.41) is 2.84. The van der Waals surface area contributed by atoms with Crippen LogP contribution in [0.25, 0.3) is 0 Å². The number of imide groups is 1. The van der Waals surface area contributed by atoms with Gasteiger partial charge in [-0.05, 0) is 91.8 Å². The van der Waals surface area contributed by atoms with Crippen LogP contribution in [0.4, 0.5) is 14.9 Å². The Labute approximate surface area is 230 Å². The monoisotopic (exact) mass is 546 g/mol. The van der Waals surface area contributed by atoms with E-state index in [1.807, 2.05) is 0 Å². The molecule has 1 spiro atoms. The van der Waals surface area contributed by atoms with Gasteiger partial charge in [0.25, 0.3) is 5.91 Å². The topological polar surface area (TPSA) is 122 Å². The molecular formula is C30H31FN4O5. The number of fused-ring (bicyclic) bond motifs is 3. The average Bonchev–Trinajstić information content (AvgIpc) is 3.85. The van der Waals surface area contributed by atoms with Crippen molar-refractivity contribution in [1.82, 2.24) is 9.80 Å². The Bertz CT molecular complexity index is 1470. The van der Waals surface area contributed by atoms with Crippen LogP contribution in [0.5, 0.6) is 0 Å². The van der Waals surface area contributed by atoms with Crippen LogP contribution in [-0.4, -0.2) is 51.7 Å². The molecule has 2 heterocycles. The molecular weight excluding hydrogens is 515 g/mol. The van der Waals surface area contributed by atoms with Gasteiger partial charge >= 0.3 is 6.09 Å². The number of ether oxygens (including phenoxy) is 1. The summed E-state index contributed by atoms with van der Waals surface area (Å²) in [7, 11) is 0. The molecule has 40 heavy (non-hydrogen) atoms. The molecule has 2 aromatic carbocycles. The number of carbonyl (C=O) groups is 4. The number of halogens is 1. The zero-order valence-electron chi connectivity index (χ0n) is 22.1. The van der Waals surface area contributed by atoms with Crippen LogP contribution in [0.3, 0.4) is 0 Å². The lowest BCUT2D eigenvalue weighted by atomic mass is 9.94. The predicted octanol–water partition coefficient (Wildman–Crippen LogP) is 3.13. The Morgan fingerprint density at radius 2 is 1.80 bits per heavy atom. The van der Waals surface area contributed by atoms with E-state index in [9.17, 15) is 23.6 Å². The minimum absolute atomic E-state index is 0.0187. The number of anilines is 1. The van der Waals surface area contributed by atoms with E-state index in [0.717, 1.165) is 34.4 Å². The van der Waals surface area contributed by atoms with Crippen molar-refractivity contribution in [3.8, 4) is 0 Å². The molecule has 2 aromatic rings. The molecule has 2 atom stereocenters.